The second-order valence-electron chi connectivity index (χ2n) is 6.63. The van der Waals surface area contributed by atoms with E-state index in [0.717, 1.165) is 21.3 Å². The van der Waals surface area contributed by atoms with Gasteiger partial charge in [0.15, 0.2) is 0 Å². The van der Waals surface area contributed by atoms with E-state index in [1.165, 1.54) is 26.5 Å². The van der Waals surface area contributed by atoms with Gasteiger partial charge in [-0.1, -0.05) is 43.6 Å². The van der Waals surface area contributed by atoms with Crippen molar-refractivity contribution in [3.8, 4) is 10.4 Å². The van der Waals surface area contributed by atoms with Gasteiger partial charge in [0.2, 0.25) is 0 Å². The van der Waals surface area contributed by atoms with Crippen molar-refractivity contribution in [2.75, 3.05) is 5.32 Å². The Balaban J connectivity index is 1.58. The number of fused-ring (bicyclic) bond motifs is 3. The molecule has 1 aliphatic rings. The normalized spacial score (nSPS) is 12.6. The van der Waals surface area contributed by atoms with Crippen LogP contribution in [0.25, 0.3) is 10.4 Å². The number of hydrogen-bond acceptors (Lipinski definition) is 3. The van der Waals surface area contributed by atoms with Crippen LogP contribution in [-0.2, 0) is 5.75 Å². The van der Waals surface area contributed by atoms with Gasteiger partial charge in [-0.05, 0) is 47.4 Å². The van der Waals surface area contributed by atoms with Gasteiger partial charge in [-0.2, -0.15) is 0 Å². The summed E-state index contributed by atoms with van der Waals surface area (Å²) in [5.74, 6) is 1.30. The number of benzene rings is 2. The molecule has 0 spiro atoms. The summed E-state index contributed by atoms with van der Waals surface area (Å²) < 4.78 is 0. The average molecular weight is 400 g/mol. The molecule has 0 atom stereocenters. The molecule has 4 rings (SSSR count). The summed E-state index contributed by atoms with van der Waals surface area (Å²) in [6.45, 7) is 4.32. The molecule has 1 amide bonds. The van der Waals surface area contributed by atoms with Gasteiger partial charge in [0.05, 0.1) is 4.88 Å². The minimum Gasteiger partial charge on any atom is -0.321 e. The van der Waals surface area contributed by atoms with E-state index in [-0.39, 0.29) is 5.91 Å². The average Bonchev–Trinajstić information content (AvgIpc) is 3.06. The van der Waals surface area contributed by atoms with Crippen molar-refractivity contribution in [2.45, 2.75) is 30.4 Å². The molecule has 3 aromatic rings. The summed E-state index contributed by atoms with van der Waals surface area (Å²) >= 11 is 9.43. The van der Waals surface area contributed by atoms with Gasteiger partial charge in [-0.25, -0.2) is 0 Å². The molecule has 0 saturated carbocycles. The molecule has 0 saturated heterocycles. The van der Waals surface area contributed by atoms with Crippen LogP contribution in [0.5, 0.6) is 0 Å². The predicted molar refractivity (Wildman–Crippen MR) is 113 cm³/mol. The Morgan fingerprint density at radius 3 is 2.62 bits per heavy atom. The monoisotopic (exact) mass is 399 g/mol. The fourth-order valence-electron chi connectivity index (χ4n) is 2.98. The first-order valence-corrected chi connectivity index (χ1v) is 10.7. The number of carbonyl (C=O) groups excluding carboxylic acids is 1. The Morgan fingerprint density at radius 2 is 1.88 bits per heavy atom. The van der Waals surface area contributed by atoms with Crippen LogP contribution >= 0.6 is 34.7 Å². The lowest BCUT2D eigenvalue weighted by atomic mass is 10.0. The summed E-state index contributed by atoms with van der Waals surface area (Å²) in [5.41, 5.74) is 4.48. The molecule has 132 valence electrons. The third-order valence-corrected chi connectivity index (χ3v) is 6.99. The van der Waals surface area contributed by atoms with Gasteiger partial charge < -0.3 is 5.32 Å². The Kier molecular flexibility index (Phi) is 4.82. The number of rotatable bonds is 3. The molecule has 2 nitrogen and oxygen atoms in total. The van der Waals surface area contributed by atoms with E-state index in [1.54, 1.807) is 23.1 Å². The molecule has 5 heteroatoms. The van der Waals surface area contributed by atoms with Gasteiger partial charge in [-0.15, -0.1) is 23.1 Å². The lowest BCUT2D eigenvalue weighted by Crippen LogP contribution is -2.10. The van der Waals surface area contributed by atoms with Crippen molar-refractivity contribution in [1.82, 2.24) is 0 Å². The van der Waals surface area contributed by atoms with Gasteiger partial charge in [0.25, 0.3) is 5.91 Å². The standard InChI is InChI=1S/C21H18ClNOS2/c1-12(2)13-3-6-16(7-4-13)23-21(24)19-9-14-11-25-18-10-15(22)5-8-17(18)20(14)26-19/h3-10,12H,11H2,1-2H3,(H,23,24). The molecule has 0 unspecified atom stereocenters. The molecular weight excluding hydrogens is 382 g/mol. The highest BCUT2D eigenvalue weighted by molar-refractivity contribution is 7.98. The third kappa shape index (κ3) is 3.41. The Bertz CT molecular complexity index is 976. The van der Waals surface area contributed by atoms with Gasteiger partial charge in [-0.3, -0.25) is 4.79 Å². The minimum absolute atomic E-state index is 0.0535. The molecule has 2 heterocycles. The van der Waals surface area contributed by atoms with Crippen molar-refractivity contribution in [3.05, 3.63) is 69.6 Å². The topological polar surface area (TPSA) is 29.1 Å². The highest BCUT2D eigenvalue weighted by Crippen LogP contribution is 2.46. The van der Waals surface area contributed by atoms with Crippen molar-refractivity contribution in [1.29, 1.82) is 0 Å². The van der Waals surface area contributed by atoms with E-state index in [0.29, 0.717) is 5.92 Å². The van der Waals surface area contributed by atoms with Crippen LogP contribution in [0, 0.1) is 0 Å². The number of anilines is 1. The highest BCUT2D eigenvalue weighted by Gasteiger charge is 2.22. The fourth-order valence-corrected chi connectivity index (χ4v) is 5.56. The quantitative estimate of drug-likeness (QED) is 0.511. The van der Waals surface area contributed by atoms with E-state index in [9.17, 15) is 4.79 Å². The summed E-state index contributed by atoms with van der Waals surface area (Å²) in [6.07, 6.45) is 0. The zero-order valence-corrected chi connectivity index (χ0v) is 16.9. The molecule has 2 aromatic carbocycles. The zero-order valence-electron chi connectivity index (χ0n) is 14.5. The largest absolute Gasteiger partial charge is 0.321 e. The highest BCUT2D eigenvalue weighted by atomic mass is 35.5. The van der Waals surface area contributed by atoms with E-state index in [1.807, 2.05) is 36.4 Å². The zero-order chi connectivity index (χ0) is 18.3. The van der Waals surface area contributed by atoms with Crippen molar-refractivity contribution in [3.63, 3.8) is 0 Å². The van der Waals surface area contributed by atoms with Crippen LogP contribution in [0.4, 0.5) is 5.69 Å². The third-order valence-electron chi connectivity index (χ3n) is 4.44. The molecule has 1 aliphatic heterocycles. The van der Waals surface area contributed by atoms with E-state index < -0.39 is 0 Å². The Labute approximate surface area is 166 Å². The van der Waals surface area contributed by atoms with Gasteiger partial charge in [0, 0.05) is 31.8 Å². The maximum atomic E-state index is 12.7. The molecule has 1 N–H and O–H groups in total. The molecule has 26 heavy (non-hydrogen) atoms. The lowest BCUT2D eigenvalue weighted by molar-refractivity contribution is 0.103. The minimum atomic E-state index is -0.0535. The number of carbonyl (C=O) groups is 1. The number of thiophene rings is 1. The second-order valence-corrected chi connectivity index (χ2v) is 9.13. The fraction of sp³-hybridized carbons (Fsp3) is 0.190. The number of halogens is 1. The SMILES string of the molecule is CC(C)c1ccc(NC(=O)c2cc3c(s2)-c2ccc(Cl)cc2SC3)cc1. The Hall–Kier alpha value is -1.75. The maximum Gasteiger partial charge on any atom is 0.265 e. The molecule has 0 fully saturated rings. The van der Waals surface area contributed by atoms with E-state index in [4.69, 9.17) is 11.6 Å². The number of nitrogens with one attached hydrogen (secondary N) is 1. The van der Waals surface area contributed by atoms with E-state index >= 15 is 0 Å². The van der Waals surface area contributed by atoms with Crippen LogP contribution in [0.1, 0.15) is 40.6 Å². The predicted octanol–water partition coefficient (Wildman–Crippen LogP) is 7.05. The molecular formula is C21H18ClNOS2. The first-order valence-electron chi connectivity index (χ1n) is 8.48. The van der Waals surface area contributed by atoms with E-state index in [2.05, 4.69) is 31.3 Å². The lowest BCUT2D eigenvalue weighted by Gasteiger charge is -2.15. The van der Waals surface area contributed by atoms with Crippen LogP contribution < -0.4 is 5.32 Å². The number of hydrogen-bond donors (Lipinski definition) is 1. The Morgan fingerprint density at radius 1 is 1.12 bits per heavy atom. The van der Waals surface area contributed by atoms with Gasteiger partial charge >= 0.3 is 0 Å². The van der Waals surface area contributed by atoms with Crippen molar-refractivity contribution >= 4 is 46.3 Å². The number of thioether (sulfide) groups is 1. The maximum absolute atomic E-state index is 12.7. The van der Waals surface area contributed by atoms with Crippen LogP contribution in [0.2, 0.25) is 5.02 Å². The second kappa shape index (κ2) is 7.10. The van der Waals surface area contributed by atoms with Crippen LogP contribution in [-0.4, -0.2) is 5.91 Å². The van der Waals surface area contributed by atoms with Crippen LogP contribution in [0.3, 0.4) is 0 Å². The first-order chi connectivity index (χ1) is 12.5. The summed E-state index contributed by atoms with van der Waals surface area (Å²) in [5, 5.41) is 3.76. The smallest absolute Gasteiger partial charge is 0.265 e. The summed E-state index contributed by atoms with van der Waals surface area (Å²) in [7, 11) is 0. The molecule has 0 radical (unpaired) electrons. The number of amides is 1. The molecule has 1 aromatic heterocycles. The molecule has 0 aliphatic carbocycles. The molecule has 0 bridgehead atoms. The first kappa shape index (κ1) is 17.7. The summed E-state index contributed by atoms with van der Waals surface area (Å²) in [4.78, 5) is 15.8. The van der Waals surface area contributed by atoms with Crippen molar-refractivity contribution < 1.29 is 4.79 Å². The summed E-state index contributed by atoms with van der Waals surface area (Å²) in [6, 6.07) is 16.0. The van der Waals surface area contributed by atoms with Gasteiger partial charge in [0.1, 0.15) is 0 Å². The van der Waals surface area contributed by atoms with Crippen LogP contribution in [0.15, 0.2) is 53.4 Å². The van der Waals surface area contributed by atoms with Crippen molar-refractivity contribution in [2.24, 2.45) is 0 Å².